The maximum atomic E-state index is 7.61. The van der Waals surface area contributed by atoms with Gasteiger partial charge in [0, 0.05) is 5.69 Å². The van der Waals surface area contributed by atoms with Gasteiger partial charge >= 0.3 is 0 Å². The second-order valence-electron chi connectivity index (χ2n) is 4.78. The first kappa shape index (κ1) is 12.4. The fourth-order valence-corrected chi connectivity index (χ4v) is 2.21. The third kappa shape index (κ3) is 3.04. The SMILES string of the molecule is [2H]c1nc(=NC(C)c2ccc(C)cc2C)c(Cl)c(C)[nH]1. The molecular formula is C15H18ClN3. The third-order valence-electron chi connectivity index (χ3n) is 3.12. The normalized spacial score (nSPS) is 14.4. The highest BCUT2D eigenvalue weighted by atomic mass is 35.5. The Hall–Kier alpha value is -1.61. The lowest BCUT2D eigenvalue weighted by Gasteiger charge is -2.11. The van der Waals surface area contributed by atoms with Crippen LogP contribution in [0.5, 0.6) is 0 Å². The predicted octanol–water partition coefficient (Wildman–Crippen LogP) is 3.65. The van der Waals surface area contributed by atoms with Crippen LogP contribution in [0.2, 0.25) is 5.02 Å². The van der Waals surface area contributed by atoms with Crippen LogP contribution in [0.1, 0.15) is 36.7 Å². The molecule has 1 atom stereocenters. The van der Waals surface area contributed by atoms with Gasteiger partial charge in [0.05, 0.1) is 12.3 Å². The number of nitrogens with zero attached hydrogens (tertiary/aromatic N) is 2. The van der Waals surface area contributed by atoms with E-state index < -0.39 is 0 Å². The minimum atomic E-state index is -0.0539. The Bertz CT molecular complexity index is 707. The van der Waals surface area contributed by atoms with Crippen LogP contribution in [0, 0.1) is 20.8 Å². The Labute approximate surface area is 119 Å². The number of hydrogen-bond acceptors (Lipinski definition) is 2. The quantitative estimate of drug-likeness (QED) is 0.894. The van der Waals surface area contributed by atoms with Gasteiger partial charge < -0.3 is 4.98 Å². The number of aryl methyl sites for hydroxylation is 3. The molecule has 3 nitrogen and oxygen atoms in total. The first-order valence-corrected chi connectivity index (χ1v) is 6.60. The Balaban J connectivity index is 2.49. The van der Waals surface area contributed by atoms with Crippen LogP contribution in [0.3, 0.4) is 0 Å². The van der Waals surface area contributed by atoms with E-state index in [0.717, 1.165) is 5.56 Å². The number of hydrogen-bond donors (Lipinski definition) is 1. The van der Waals surface area contributed by atoms with Gasteiger partial charge in [0.25, 0.3) is 0 Å². The van der Waals surface area contributed by atoms with Gasteiger partial charge in [0.1, 0.15) is 6.39 Å². The largest absolute Gasteiger partial charge is 0.349 e. The predicted molar refractivity (Wildman–Crippen MR) is 78.2 cm³/mol. The van der Waals surface area contributed by atoms with E-state index in [4.69, 9.17) is 13.0 Å². The van der Waals surface area contributed by atoms with E-state index in [2.05, 4.69) is 47.0 Å². The van der Waals surface area contributed by atoms with Gasteiger partial charge in [-0.1, -0.05) is 35.4 Å². The van der Waals surface area contributed by atoms with Gasteiger partial charge in [-0.25, -0.2) is 4.98 Å². The zero-order valence-corrected chi connectivity index (χ0v) is 12.3. The van der Waals surface area contributed by atoms with Gasteiger partial charge in [-0.2, -0.15) is 0 Å². The van der Waals surface area contributed by atoms with Crippen molar-refractivity contribution in [1.82, 2.24) is 9.97 Å². The Kier molecular flexibility index (Phi) is 3.65. The number of H-pyrrole nitrogens is 1. The topological polar surface area (TPSA) is 41.0 Å². The molecule has 0 aliphatic heterocycles. The summed E-state index contributed by atoms with van der Waals surface area (Å²) in [6, 6.07) is 6.23. The van der Waals surface area contributed by atoms with Crippen LogP contribution in [0.25, 0.3) is 0 Å². The standard InChI is InChI=1S/C15H18ClN3/c1-9-5-6-13(10(2)7-9)11(3)19-15-14(16)12(4)17-8-18-15/h5-8,11H,1-4H3,(H,17,18,19)/i8D. The molecule has 0 bridgehead atoms. The van der Waals surface area contributed by atoms with Crippen molar-refractivity contribution in [1.29, 1.82) is 0 Å². The van der Waals surface area contributed by atoms with Crippen LogP contribution >= 0.6 is 11.6 Å². The molecule has 100 valence electrons. The highest BCUT2D eigenvalue weighted by Crippen LogP contribution is 2.21. The fraction of sp³-hybridized carbons (Fsp3) is 0.333. The van der Waals surface area contributed by atoms with Gasteiger partial charge in [0.15, 0.2) is 5.49 Å². The highest BCUT2D eigenvalue weighted by Gasteiger charge is 2.08. The van der Waals surface area contributed by atoms with Gasteiger partial charge in [0.2, 0.25) is 0 Å². The molecule has 2 aromatic rings. The molecule has 1 N–H and O–H groups in total. The molecule has 0 amide bonds. The van der Waals surface area contributed by atoms with E-state index in [1.807, 2.05) is 13.8 Å². The number of aromatic nitrogens is 2. The first-order chi connectivity index (χ1) is 9.38. The van der Waals surface area contributed by atoms with E-state index in [-0.39, 0.29) is 12.3 Å². The monoisotopic (exact) mass is 276 g/mol. The molecule has 2 rings (SSSR count). The Morgan fingerprint density at radius 3 is 2.79 bits per heavy atom. The fourth-order valence-electron chi connectivity index (χ4n) is 2.07. The minimum Gasteiger partial charge on any atom is -0.349 e. The molecule has 0 aliphatic carbocycles. The van der Waals surface area contributed by atoms with Crippen LogP contribution in [-0.4, -0.2) is 9.97 Å². The molecular weight excluding hydrogens is 258 g/mol. The van der Waals surface area contributed by atoms with Crippen LogP contribution in [-0.2, 0) is 0 Å². The lowest BCUT2D eigenvalue weighted by molar-refractivity contribution is 0.765. The number of rotatable bonds is 2. The summed E-state index contributed by atoms with van der Waals surface area (Å²) in [5.74, 6) is 0. The molecule has 0 saturated heterocycles. The zero-order chi connectivity index (χ0) is 14.9. The average molecular weight is 277 g/mol. The smallest absolute Gasteiger partial charge is 0.170 e. The van der Waals surface area contributed by atoms with Crippen molar-refractivity contribution in [2.45, 2.75) is 33.7 Å². The molecule has 1 heterocycles. The van der Waals surface area contributed by atoms with Crippen molar-refractivity contribution >= 4 is 11.6 Å². The molecule has 1 aromatic heterocycles. The van der Waals surface area contributed by atoms with E-state index in [0.29, 0.717) is 16.2 Å². The minimum absolute atomic E-state index is 0.0539. The molecule has 0 radical (unpaired) electrons. The van der Waals surface area contributed by atoms with Crippen LogP contribution in [0.15, 0.2) is 29.5 Å². The number of benzene rings is 1. The average Bonchev–Trinajstić information content (AvgIpc) is 2.35. The molecule has 0 spiro atoms. The number of nitrogens with one attached hydrogen (secondary N) is 1. The summed E-state index contributed by atoms with van der Waals surface area (Å²) in [7, 11) is 0. The summed E-state index contributed by atoms with van der Waals surface area (Å²) >= 11 is 6.19. The maximum Gasteiger partial charge on any atom is 0.170 e. The summed E-state index contributed by atoms with van der Waals surface area (Å²) in [5, 5.41) is 0.470. The molecule has 0 fully saturated rings. The van der Waals surface area contributed by atoms with Crippen LogP contribution < -0.4 is 5.49 Å². The summed E-state index contributed by atoms with van der Waals surface area (Å²) < 4.78 is 7.61. The lowest BCUT2D eigenvalue weighted by atomic mass is 10.0. The van der Waals surface area contributed by atoms with E-state index in [1.165, 1.54) is 11.1 Å². The van der Waals surface area contributed by atoms with E-state index in [9.17, 15) is 0 Å². The summed E-state index contributed by atoms with van der Waals surface area (Å²) in [5.41, 5.74) is 4.69. The maximum absolute atomic E-state index is 7.61. The van der Waals surface area contributed by atoms with E-state index in [1.54, 1.807) is 0 Å². The molecule has 4 heteroatoms. The van der Waals surface area contributed by atoms with Crippen molar-refractivity contribution in [2.75, 3.05) is 0 Å². The van der Waals surface area contributed by atoms with Crippen molar-refractivity contribution < 1.29 is 1.37 Å². The highest BCUT2D eigenvalue weighted by molar-refractivity contribution is 6.30. The molecule has 0 saturated carbocycles. The van der Waals surface area contributed by atoms with Gasteiger partial charge in [-0.3, -0.25) is 4.99 Å². The van der Waals surface area contributed by atoms with Crippen molar-refractivity contribution in [2.24, 2.45) is 4.99 Å². The second kappa shape index (κ2) is 5.57. The van der Waals surface area contributed by atoms with Crippen molar-refractivity contribution in [3.8, 4) is 0 Å². The van der Waals surface area contributed by atoms with Crippen molar-refractivity contribution in [3.05, 3.63) is 57.4 Å². The van der Waals surface area contributed by atoms with Crippen molar-refractivity contribution in [3.63, 3.8) is 0 Å². The first-order valence-electron chi connectivity index (χ1n) is 6.72. The number of halogens is 1. The Morgan fingerprint density at radius 1 is 1.37 bits per heavy atom. The summed E-state index contributed by atoms with van der Waals surface area (Å²) in [6.07, 6.45) is 0.0680. The Morgan fingerprint density at radius 2 is 2.11 bits per heavy atom. The van der Waals surface area contributed by atoms with Gasteiger partial charge in [-0.15, -0.1) is 0 Å². The molecule has 19 heavy (non-hydrogen) atoms. The molecule has 1 aromatic carbocycles. The van der Waals surface area contributed by atoms with E-state index >= 15 is 0 Å². The molecule has 1 unspecified atom stereocenters. The molecule has 0 aliphatic rings. The second-order valence-corrected chi connectivity index (χ2v) is 5.15. The number of aromatic amines is 1. The third-order valence-corrected chi connectivity index (χ3v) is 3.57. The summed E-state index contributed by atoms with van der Waals surface area (Å²) in [6.45, 7) is 7.96. The van der Waals surface area contributed by atoms with Gasteiger partial charge in [-0.05, 0) is 38.8 Å². The lowest BCUT2D eigenvalue weighted by Crippen LogP contribution is -2.13. The van der Waals surface area contributed by atoms with Crippen LogP contribution in [0.4, 0.5) is 0 Å². The zero-order valence-electron chi connectivity index (χ0n) is 12.6. The summed E-state index contributed by atoms with van der Waals surface area (Å²) in [4.78, 5) is 11.4.